The number of hydrogen-bond acceptors (Lipinski definition) is 4. The average molecular weight is 318 g/mol. The fraction of sp³-hybridized carbons (Fsp3) is 0.200. The monoisotopic (exact) mass is 318 g/mol. The van der Waals surface area contributed by atoms with E-state index in [9.17, 15) is 0 Å². The summed E-state index contributed by atoms with van der Waals surface area (Å²) in [6.45, 7) is 4.88. The second kappa shape index (κ2) is 8.41. The van der Waals surface area contributed by atoms with E-state index < -0.39 is 0 Å². The van der Waals surface area contributed by atoms with Gasteiger partial charge in [-0.15, -0.1) is 0 Å². The summed E-state index contributed by atoms with van der Waals surface area (Å²) in [6.07, 6.45) is 1.51. The maximum Gasteiger partial charge on any atom is 0.130 e. The zero-order chi connectivity index (χ0) is 17.4. The molecule has 24 heavy (non-hydrogen) atoms. The number of rotatable bonds is 6. The average Bonchev–Trinajstić information content (AvgIpc) is 2.60. The van der Waals surface area contributed by atoms with Gasteiger partial charge in [0.1, 0.15) is 42.4 Å². The highest BCUT2D eigenvalue weighted by atomic mass is 16.5. The molecule has 0 unspecified atom stereocenters. The van der Waals surface area contributed by atoms with Crippen molar-refractivity contribution < 1.29 is 9.47 Å². The molecule has 0 spiro atoms. The number of ether oxygens (including phenoxy) is 2. The molecule has 0 aliphatic rings. The van der Waals surface area contributed by atoms with Crippen LogP contribution in [0, 0.1) is 36.5 Å². The van der Waals surface area contributed by atoms with E-state index in [0.717, 1.165) is 5.75 Å². The van der Waals surface area contributed by atoms with Gasteiger partial charge in [0.2, 0.25) is 0 Å². The van der Waals surface area contributed by atoms with Crippen LogP contribution in [0.25, 0.3) is 6.08 Å². The molecule has 0 fully saturated rings. The number of hydrogen-bond donors (Lipinski definition) is 0. The van der Waals surface area contributed by atoms with Gasteiger partial charge in [-0.2, -0.15) is 10.5 Å². The highest BCUT2D eigenvalue weighted by molar-refractivity contribution is 5.66. The number of aryl methyl sites for hydroxylation is 2. The first-order chi connectivity index (χ1) is 11.6. The largest absolute Gasteiger partial charge is 0.490 e. The van der Waals surface area contributed by atoms with E-state index in [1.807, 2.05) is 49.4 Å². The topological polar surface area (TPSA) is 66.0 Å². The number of para-hydroxylation sites is 1. The molecule has 0 heterocycles. The van der Waals surface area contributed by atoms with Crippen molar-refractivity contribution in [1.82, 2.24) is 0 Å². The highest BCUT2D eigenvalue weighted by Gasteiger charge is 2.03. The fourth-order valence-corrected chi connectivity index (χ4v) is 2.09. The smallest absolute Gasteiger partial charge is 0.130 e. The lowest BCUT2D eigenvalue weighted by Crippen LogP contribution is -2.09. The van der Waals surface area contributed by atoms with Crippen LogP contribution in [0.5, 0.6) is 11.5 Å². The third kappa shape index (κ3) is 4.63. The summed E-state index contributed by atoms with van der Waals surface area (Å²) in [5, 5.41) is 17.7. The van der Waals surface area contributed by atoms with Gasteiger partial charge >= 0.3 is 0 Å². The first-order valence-electron chi connectivity index (χ1n) is 7.58. The number of nitriles is 2. The summed E-state index contributed by atoms with van der Waals surface area (Å²) in [6, 6.07) is 16.9. The summed E-state index contributed by atoms with van der Waals surface area (Å²) in [4.78, 5) is 0. The van der Waals surface area contributed by atoms with Gasteiger partial charge < -0.3 is 9.47 Å². The van der Waals surface area contributed by atoms with Crippen molar-refractivity contribution in [1.29, 1.82) is 10.5 Å². The molecular formula is C20H18N2O2. The SMILES string of the molecule is Cc1ccc(OCCOc2ccccc2C=C(C#N)C#N)cc1C. The second-order valence-corrected chi connectivity index (χ2v) is 5.26. The molecule has 4 heteroatoms. The van der Waals surface area contributed by atoms with E-state index in [-0.39, 0.29) is 5.57 Å². The molecule has 2 aromatic rings. The molecule has 0 radical (unpaired) electrons. The van der Waals surface area contributed by atoms with Gasteiger partial charge in [0.25, 0.3) is 0 Å². The molecule has 4 nitrogen and oxygen atoms in total. The summed E-state index contributed by atoms with van der Waals surface area (Å²) in [5.74, 6) is 1.43. The lowest BCUT2D eigenvalue weighted by molar-refractivity contribution is 0.217. The predicted octanol–water partition coefficient (Wildman–Crippen LogP) is 4.19. The molecule has 0 atom stereocenters. The molecule has 0 saturated carbocycles. The summed E-state index contributed by atoms with van der Waals surface area (Å²) in [7, 11) is 0. The van der Waals surface area contributed by atoms with Crippen molar-refractivity contribution in [2.45, 2.75) is 13.8 Å². The maximum absolute atomic E-state index is 8.86. The van der Waals surface area contributed by atoms with Crippen molar-refractivity contribution in [2.75, 3.05) is 13.2 Å². The van der Waals surface area contributed by atoms with E-state index in [1.54, 1.807) is 12.1 Å². The van der Waals surface area contributed by atoms with Gasteiger partial charge in [0.15, 0.2) is 0 Å². The zero-order valence-electron chi connectivity index (χ0n) is 13.7. The van der Waals surface area contributed by atoms with Gasteiger partial charge in [-0.3, -0.25) is 0 Å². The Morgan fingerprint density at radius 1 is 0.958 bits per heavy atom. The quantitative estimate of drug-likeness (QED) is 0.591. The van der Waals surface area contributed by atoms with E-state index in [1.165, 1.54) is 17.2 Å². The Balaban J connectivity index is 1.95. The van der Waals surface area contributed by atoms with E-state index in [2.05, 4.69) is 6.92 Å². The third-order valence-corrected chi connectivity index (χ3v) is 3.55. The first-order valence-corrected chi connectivity index (χ1v) is 7.58. The molecule has 2 rings (SSSR count). The van der Waals surface area contributed by atoms with Gasteiger partial charge in [0, 0.05) is 5.56 Å². The molecule has 0 aliphatic carbocycles. The number of allylic oxidation sites excluding steroid dienone is 1. The molecule has 0 bridgehead atoms. The lowest BCUT2D eigenvalue weighted by Gasteiger charge is -2.11. The molecule has 0 amide bonds. The maximum atomic E-state index is 8.86. The zero-order valence-corrected chi connectivity index (χ0v) is 13.7. The Kier molecular flexibility index (Phi) is 6.00. The molecule has 0 N–H and O–H groups in total. The minimum absolute atomic E-state index is 0.0393. The summed E-state index contributed by atoms with van der Waals surface area (Å²) in [5.41, 5.74) is 3.15. The van der Waals surface area contributed by atoms with Crippen molar-refractivity contribution in [3.63, 3.8) is 0 Å². The van der Waals surface area contributed by atoms with Crippen molar-refractivity contribution >= 4 is 6.08 Å². The van der Waals surface area contributed by atoms with E-state index in [0.29, 0.717) is 24.5 Å². The number of benzene rings is 2. The highest BCUT2D eigenvalue weighted by Crippen LogP contribution is 2.21. The van der Waals surface area contributed by atoms with Crippen LogP contribution in [0.4, 0.5) is 0 Å². The Bertz CT molecular complexity index is 810. The van der Waals surface area contributed by atoms with E-state index >= 15 is 0 Å². The minimum Gasteiger partial charge on any atom is -0.490 e. The van der Waals surface area contributed by atoms with Crippen LogP contribution in [0.15, 0.2) is 48.0 Å². The van der Waals surface area contributed by atoms with Crippen molar-refractivity contribution in [3.8, 4) is 23.6 Å². The fourth-order valence-electron chi connectivity index (χ4n) is 2.09. The minimum atomic E-state index is 0.0393. The normalized spacial score (nSPS) is 9.50. The van der Waals surface area contributed by atoms with E-state index in [4.69, 9.17) is 20.0 Å². The molecule has 0 aliphatic heterocycles. The van der Waals surface area contributed by atoms with Crippen LogP contribution in [-0.2, 0) is 0 Å². The van der Waals surface area contributed by atoms with Gasteiger partial charge in [-0.05, 0) is 49.2 Å². The summed E-state index contributed by atoms with van der Waals surface area (Å²) < 4.78 is 11.4. The van der Waals surface area contributed by atoms with Crippen LogP contribution in [-0.4, -0.2) is 13.2 Å². The van der Waals surface area contributed by atoms with Gasteiger partial charge in [-0.1, -0.05) is 24.3 Å². The van der Waals surface area contributed by atoms with Crippen LogP contribution in [0.1, 0.15) is 16.7 Å². The molecule has 0 saturated heterocycles. The second-order valence-electron chi connectivity index (χ2n) is 5.26. The first kappa shape index (κ1) is 17.1. The van der Waals surface area contributed by atoms with Crippen LogP contribution >= 0.6 is 0 Å². The standard InChI is InChI=1S/C20H18N2O2/c1-15-7-8-19(11-16(15)2)23-9-10-24-20-6-4-3-5-18(20)12-17(13-21)14-22/h3-8,11-12H,9-10H2,1-2H3. The Hall–Kier alpha value is -3.24. The Labute approximate surface area is 142 Å². The number of nitrogens with zero attached hydrogens (tertiary/aromatic N) is 2. The molecule has 2 aromatic carbocycles. The molecule has 120 valence electrons. The van der Waals surface area contributed by atoms with Crippen molar-refractivity contribution in [2.24, 2.45) is 0 Å². The molecule has 0 aromatic heterocycles. The van der Waals surface area contributed by atoms with Crippen LogP contribution in [0.3, 0.4) is 0 Å². The third-order valence-electron chi connectivity index (χ3n) is 3.55. The lowest BCUT2D eigenvalue weighted by atomic mass is 10.1. The Morgan fingerprint density at radius 2 is 1.67 bits per heavy atom. The van der Waals surface area contributed by atoms with Crippen LogP contribution < -0.4 is 9.47 Å². The predicted molar refractivity (Wildman–Crippen MR) is 92.6 cm³/mol. The van der Waals surface area contributed by atoms with Crippen LogP contribution in [0.2, 0.25) is 0 Å². The van der Waals surface area contributed by atoms with Gasteiger partial charge in [-0.25, -0.2) is 0 Å². The molecular weight excluding hydrogens is 300 g/mol. The van der Waals surface area contributed by atoms with Gasteiger partial charge in [0.05, 0.1) is 0 Å². The van der Waals surface area contributed by atoms with Crippen molar-refractivity contribution in [3.05, 3.63) is 64.7 Å². The Morgan fingerprint density at radius 3 is 2.38 bits per heavy atom. The summed E-state index contributed by atoms with van der Waals surface area (Å²) >= 11 is 0.